The molecule has 18 heavy (non-hydrogen) atoms. The highest BCUT2D eigenvalue weighted by Crippen LogP contribution is 2.17. The average Bonchev–Trinajstić information content (AvgIpc) is 2.36. The minimum Gasteiger partial charge on any atom is -0.317 e. The van der Waals surface area contributed by atoms with E-state index < -0.39 is 11.6 Å². The molecule has 0 aliphatic carbocycles. The molecule has 2 rings (SSSR count). The van der Waals surface area contributed by atoms with Crippen LogP contribution in [0.5, 0.6) is 0 Å². The van der Waals surface area contributed by atoms with Gasteiger partial charge in [-0.2, -0.15) is 0 Å². The molecule has 1 aromatic carbocycles. The van der Waals surface area contributed by atoms with Crippen LogP contribution in [0.1, 0.15) is 18.4 Å². The number of benzene rings is 1. The summed E-state index contributed by atoms with van der Waals surface area (Å²) < 4.78 is 26.6. The van der Waals surface area contributed by atoms with Gasteiger partial charge < -0.3 is 5.32 Å². The molecule has 1 aliphatic heterocycles. The lowest BCUT2D eigenvalue weighted by molar-refractivity contribution is 0.189. The third-order valence-corrected chi connectivity index (χ3v) is 3.38. The zero-order valence-corrected chi connectivity index (χ0v) is 11.3. The second-order valence-corrected chi connectivity index (χ2v) is 4.61. The van der Waals surface area contributed by atoms with Crippen molar-refractivity contribution in [3.63, 3.8) is 0 Å². The zero-order chi connectivity index (χ0) is 12.3. The Hall–Kier alpha value is -0.710. The van der Waals surface area contributed by atoms with Crippen molar-refractivity contribution in [2.45, 2.75) is 25.4 Å². The van der Waals surface area contributed by atoms with Gasteiger partial charge in [-0.3, -0.25) is 4.90 Å². The summed E-state index contributed by atoms with van der Waals surface area (Å²) in [6.07, 6.45) is 2.13. The highest BCUT2D eigenvalue weighted by Gasteiger charge is 2.19. The largest absolute Gasteiger partial charge is 0.317 e. The van der Waals surface area contributed by atoms with E-state index in [1.54, 1.807) is 12.1 Å². The summed E-state index contributed by atoms with van der Waals surface area (Å²) in [5.74, 6) is -1.48. The molecular formula is C13H19ClF2N2. The fourth-order valence-corrected chi connectivity index (χ4v) is 2.32. The third kappa shape index (κ3) is 3.64. The van der Waals surface area contributed by atoms with Crippen molar-refractivity contribution in [2.75, 3.05) is 20.1 Å². The molecule has 0 unspecified atom stereocenters. The first-order valence-corrected chi connectivity index (χ1v) is 6.02. The topological polar surface area (TPSA) is 15.3 Å². The van der Waals surface area contributed by atoms with Gasteiger partial charge in [0.1, 0.15) is 0 Å². The molecule has 0 spiro atoms. The fourth-order valence-electron chi connectivity index (χ4n) is 2.32. The average molecular weight is 277 g/mol. The summed E-state index contributed by atoms with van der Waals surface area (Å²) in [6, 6.07) is 4.82. The molecule has 0 bridgehead atoms. The lowest BCUT2D eigenvalue weighted by Gasteiger charge is -2.31. The van der Waals surface area contributed by atoms with Crippen LogP contribution < -0.4 is 5.32 Å². The molecule has 1 N–H and O–H groups in total. The molecule has 5 heteroatoms. The number of halogens is 3. The van der Waals surface area contributed by atoms with Gasteiger partial charge in [-0.15, -0.1) is 12.4 Å². The van der Waals surface area contributed by atoms with Crippen molar-refractivity contribution < 1.29 is 8.78 Å². The van der Waals surface area contributed by atoms with Crippen LogP contribution in [-0.4, -0.2) is 31.1 Å². The Bertz CT molecular complexity index is 381. The number of hydrogen-bond acceptors (Lipinski definition) is 2. The molecule has 2 nitrogen and oxygen atoms in total. The van der Waals surface area contributed by atoms with E-state index in [2.05, 4.69) is 10.2 Å². The van der Waals surface area contributed by atoms with Crippen molar-refractivity contribution in [3.8, 4) is 0 Å². The van der Waals surface area contributed by atoms with Crippen LogP contribution in [0.15, 0.2) is 18.2 Å². The molecule has 0 saturated carbocycles. The van der Waals surface area contributed by atoms with Gasteiger partial charge in [0.15, 0.2) is 11.6 Å². The SMILES string of the molecule is CN(Cc1cccc(F)c1F)C1CCNCC1.Cl. The van der Waals surface area contributed by atoms with Gasteiger partial charge in [0, 0.05) is 18.2 Å². The highest BCUT2D eigenvalue weighted by molar-refractivity contribution is 5.85. The number of hydrogen-bond donors (Lipinski definition) is 1. The van der Waals surface area contributed by atoms with Gasteiger partial charge in [0.05, 0.1) is 0 Å². The first kappa shape index (κ1) is 15.3. The number of piperidine rings is 1. The first-order chi connectivity index (χ1) is 8.18. The molecule has 0 radical (unpaired) electrons. The van der Waals surface area contributed by atoms with Crippen LogP contribution in [0.4, 0.5) is 8.78 Å². The van der Waals surface area contributed by atoms with Crippen LogP contribution in [-0.2, 0) is 6.54 Å². The predicted octanol–water partition coefficient (Wildman–Crippen LogP) is 2.57. The Morgan fingerprint density at radius 3 is 2.61 bits per heavy atom. The minimum absolute atomic E-state index is 0. The second kappa shape index (κ2) is 7.02. The number of nitrogens with one attached hydrogen (secondary N) is 1. The van der Waals surface area contributed by atoms with E-state index in [0.717, 1.165) is 32.0 Å². The Labute approximate surface area is 113 Å². The molecule has 1 aromatic rings. The van der Waals surface area contributed by atoms with Gasteiger partial charge in [-0.1, -0.05) is 12.1 Å². The van der Waals surface area contributed by atoms with Crippen molar-refractivity contribution in [1.29, 1.82) is 0 Å². The van der Waals surface area contributed by atoms with E-state index in [1.165, 1.54) is 0 Å². The molecule has 1 saturated heterocycles. The van der Waals surface area contributed by atoms with Crippen LogP contribution in [0, 0.1) is 11.6 Å². The standard InChI is InChI=1S/C13H18F2N2.ClH/c1-17(11-5-7-16-8-6-11)9-10-3-2-4-12(14)13(10)15;/h2-4,11,16H,5-9H2,1H3;1H. The normalized spacial score (nSPS) is 16.7. The second-order valence-electron chi connectivity index (χ2n) is 4.61. The van der Waals surface area contributed by atoms with Crippen LogP contribution in [0.3, 0.4) is 0 Å². The minimum atomic E-state index is -0.763. The van der Waals surface area contributed by atoms with Crippen molar-refractivity contribution >= 4 is 12.4 Å². The maximum Gasteiger partial charge on any atom is 0.163 e. The van der Waals surface area contributed by atoms with E-state index in [9.17, 15) is 8.78 Å². The summed E-state index contributed by atoms with van der Waals surface area (Å²) >= 11 is 0. The monoisotopic (exact) mass is 276 g/mol. The van der Waals surface area contributed by atoms with E-state index in [-0.39, 0.29) is 12.4 Å². The smallest absolute Gasteiger partial charge is 0.163 e. The van der Waals surface area contributed by atoms with Gasteiger partial charge in [-0.05, 0) is 39.0 Å². The first-order valence-electron chi connectivity index (χ1n) is 6.02. The molecule has 1 aliphatic rings. The summed E-state index contributed by atoms with van der Waals surface area (Å²) in [6.45, 7) is 2.47. The van der Waals surface area contributed by atoms with Crippen molar-refractivity contribution in [3.05, 3.63) is 35.4 Å². The van der Waals surface area contributed by atoms with Crippen LogP contribution >= 0.6 is 12.4 Å². The Balaban J connectivity index is 0.00000162. The summed E-state index contributed by atoms with van der Waals surface area (Å²) in [4.78, 5) is 2.11. The van der Waals surface area contributed by atoms with E-state index >= 15 is 0 Å². The molecule has 0 atom stereocenters. The van der Waals surface area contributed by atoms with Crippen LogP contribution in [0.25, 0.3) is 0 Å². The fraction of sp³-hybridized carbons (Fsp3) is 0.538. The van der Waals surface area contributed by atoms with Crippen molar-refractivity contribution in [1.82, 2.24) is 10.2 Å². The molecule has 102 valence electrons. The van der Waals surface area contributed by atoms with Crippen molar-refractivity contribution in [2.24, 2.45) is 0 Å². The summed E-state index contributed by atoms with van der Waals surface area (Å²) in [5, 5.41) is 3.29. The molecule has 1 fully saturated rings. The number of nitrogens with zero attached hydrogens (tertiary/aromatic N) is 1. The number of rotatable bonds is 3. The molecule has 1 heterocycles. The Kier molecular flexibility index (Phi) is 5.99. The summed E-state index contributed by atoms with van der Waals surface area (Å²) in [7, 11) is 1.97. The highest BCUT2D eigenvalue weighted by atomic mass is 35.5. The zero-order valence-electron chi connectivity index (χ0n) is 10.5. The molecule has 0 amide bonds. The van der Waals surface area contributed by atoms with Gasteiger partial charge >= 0.3 is 0 Å². The lowest BCUT2D eigenvalue weighted by Crippen LogP contribution is -2.40. The van der Waals surface area contributed by atoms with Gasteiger partial charge in [-0.25, -0.2) is 8.78 Å². The van der Waals surface area contributed by atoms with Gasteiger partial charge in [0.25, 0.3) is 0 Å². The molecule has 0 aromatic heterocycles. The van der Waals surface area contributed by atoms with Crippen LogP contribution in [0.2, 0.25) is 0 Å². The maximum atomic E-state index is 13.5. The Morgan fingerprint density at radius 2 is 1.94 bits per heavy atom. The quantitative estimate of drug-likeness (QED) is 0.913. The third-order valence-electron chi connectivity index (χ3n) is 3.38. The maximum absolute atomic E-state index is 13.5. The predicted molar refractivity (Wildman–Crippen MR) is 71.0 cm³/mol. The Morgan fingerprint density at radius 1 is 1.28 bits per heavy atom. The van der Waals surface area contributed by atoms with Gasteiger partial charge in [0.2, 0.25) is 0 Å². The van der Waals surface area contributed by atoms with E-state index in [0.29, 0.717) is 18.2 Å². The van der Waals surface area contributed by atoms with E-state index in [1.807, 2.05) is 7.05 Å². The summed E-state index contributed by atoms with van der Waals surface area (Å²) in [5.41, 5.74) is 0.436. The van der Waals surface area contributed by atoms with E-state index in [4.69, 9.17) is 0 Å². The lowest BCUT2D eigenvalue weighted by atomic mass is 10.0. The molecular weight excluding hydrogens is 258 g/mol.